The lowest BCUT2D eigenvalue weighted by Crippen LogP contribution is -2.02. The predicted molar refractivity (Wildman–Crippen MR) is 77.1 cm³/mol. The van der Waals surface area contributed by atoms with Gasteiger partial charge in [-0.2, -0.15) is 0 Å². The molecule has 0 aromatic heterocycles. The van der Waals surface area contributed by atoms with Gasteiger partial charge in [-0.15, -0.1) is 0 Å². The number of fused-ring (bicyclic) bond motifs is 1. The van der Waals surface area contributed by atoms with E-state index in [0.717, 1.165) is 24.2 Å². The third-order valence-corrected chi connectivity index (χ3v) is 3.81. The smallest absolute Gasteiger partial charge is 0.129 e. The Bertz CT molecular complexity index is 624. The summed E-state index contributed by atoms with van der Waals surface area (Å²) in [6.45, 7) is 0.643. The molecule has 0 heterocycles. The maximum atomic E-state index is 13.7. The molecule has 0 radical (unpaired) electrons. The molecule has 2 nitrogen and oxygen atoms in total. The predicted octanol–water partition coefficient (Wildman–Crippen LogP) is 3.35. The lowest BCUT2D eigenvalue weighted by atomic mass is 10.1. The molecule has 3 rings (SSSR count). The van der Waals surface area contributed by atoms with Crippen molar-refractivity contribution in [3.05, 3.63) is 64.5 Å². The molecular formula is C17H18FNO. The first-order valence-electron chi connectivity index (χ1n) is 6.98. The summed E-state index contributed by atoms with van der Waals surface area (Å²) >= 11 is 0. The molecule has 0 amide bonds. The first kappa shape index (κ1) is 13.1. The van der Waals surface area contributed by atoms with E-state index >= 15 is 0 Å². The molecule has 3 heteroatoms. The van der Waals surface area contributed by atoms with Crippen LogP contribution in [0.15, 0.2) is 36.4 Å². The highest BCUT2D eigenvalue weighted by Gasteiger charge is 2.11. The van der Waals surface area contributed by atoms with E-state index in [1.807, 2.05) is 6.07 Å². The van der Waals surface area contributed by atoms with Gasteiger partial charge in [-0.05, 0) is 60.2 Å². The Hall–Kier alpha value is -1.87. The molecule has 0 bridgehead atoms. The molecule has 0 fully saturated rings. The van der Waals surface area contributed by atoms with Crippen LogP contribution in [0, 0.1) is 5.82 Å². The molecule has 1 aliphatic rings. The third kappa shape index (κ3) is 2.68. The second-order valence-electron chi connectivity index (χ2n) is 5.20. The van der Waals surface area contributed by atoms with Crippen LogP contribution in [0.2, 0.25) is 0 Å². The van der Waals surface area contributed by atoms with Gasteiger partial charge in [0, 0.05) is 12.1 Å². The Labute approximate surface area is 118 Å². The van der Waals surface area contributed by atoms with Gasteiger partial charge in [0.2, 0.25) is 0 Å². The van der Waals surface area contributed by atoms with Crippen LogP contribution in [-0.4, -0.2) is 0 Å². The average Bonchev–Trinajstić information content (AvgIpc) is 2.94. The van der Waals surface area contributed by atoms with Gasteiger partial charge in [0.25, 0.3) is 0 Å². The Balaban J connectivity index is 1.73. The Morgan fingerprint density at radius 3 is 2.75 bits per heavy atom. The normalized spacial score (nSPS) is 13.3. The van der Waals surface area contributed by atoms with Crippen molar-refractivity contribution in [1.29, 1.82) is 0 Å². The highest BCUT2D eigenvalue weighted by Crippen LogP contribution is 2.26. The highest BCUT2D eigenvalue weighted by molar-refractivity contribution is 5.38. The van der Waals surface area contributed by atoms with Crippen molar-refractivity contribution in [2.45, 2.75) is 32.4 Å². The number of benzene rings is 2. The first-order chi connectivity index (χ1) is 9.76. The van der Waals surface area contributed by atoms with Gasteiger partial charge in [0.05, 0.1) is 0 Å². The number of nitrogens with two attached hydrogens (primary N) is 1. The van der Waals surface area contributed by atoms with Crippen LogP contribution >= 0.6 is 0 Å². The summed E-state index contributed by atoms with van der Waals surface area (Å²) in [5, 5.41) is 0. The zero-order valence-corrected chi connectivity index (χ0v) is 11.4. The molecule has 2 N–H and O–H groups in total. The SMILES string of the molecule is NCc1ccc(F)c(COc2ccc3c(c2)CCC3)c1. The Morgan fingerprint density at radius 2 is 1.90 bits per heavy atom. The minimum atomic E-state index is -0.247. The zero-order valence-electron chi connectivity index (χ0n) is 11.4. The molecule has 20 heavy (non-hydrogen) atoms. The lowest BCUT2D eigenvalue weighted by Gasteiger charge is -2.10. The summed E-state index contributed by atoms with van der Waals surface area (Å²) in [6.07, 6.45) is 3.48. The summed E-state index contributed by atoms with van der Waals surface area (Å²) in [4.78, 5) is 0. The molecule has 104 valence electrons. The summed E-state index contributed by atoms with van der Waals surface area (Å²) in [5.74, 6) is 0.562. The summed E-state index contributed by atoms with van der Waals surface area (Å²) in [6, 6.07) is 11.1. The van der Waals surface area contributed by atoms with Crippen molar-refractivity contribution in [3.8, 4) is 5.75 Å². The molecule has 2 aromatic carbocycles. The van der Waals surface area contributed by atoms with E-state index in [2.05, 4.69) is 12.1 Å². The lowest BCUT2D eigenvalue weighted by molar-refractivity contribution is 0.299. The van der Waals surface area contributed by atoms with E-state index in [1.54, 1.807) is 12.1 Å². The average molecular weight is 271 g/mol. The topological polar surface area (TPSA) is 35.2 Å². The van der Waals surface area contributed by atoms with E-state index in [1.165, 1.54) is 23.6 Å². The molecule has 1 aliphatic carbocycles. The number of aryl methyl sites for hydroxylation is 2. The minimum Gasteiger partial charge on any atom is -0.489 e. The summed E-state index contributed by atoms with van der Waals surface area (Å²) in [5.41, 5.74) is 9.81. The van der Waals surface area contributed by atoms with E-state index in [0.29, 0.717) is 12.1 Å². The number of rotatable bonds is 4. The van der Waals surface area contributed by atoms with Crippen LogP contribution < -0.4 is 10.5 Å². The summed E-state index contributed by atoms with van der Waals surface area (Å²) < 4.78 is 19.4. The molecule has 0 atom stereocenters. The van der Waals surface area contributed by atoms with Crippen molar-refractivity contribution >= 4 is 0 Å². The molecule has 0 spiro atoms. The minimum absolute atomic E-state index is 0.235. The van der Waals surface area contributed by atoms with Gasteiger partial charge in [0.15, 0.2) is 0 Å². The van der Waals surface area contributed by atoms with Gasteiger partial charge in [-0.25, -0.2) is 4.39 Å². The fourth-order valence-corrected chi connectivity index (χ4v) is 2.66. The largest absolute Gasteiger partial charge is 0.489 e. The highest BCUT2D eigenvalue weighted by atomic mass is 19.1. The number of halogens is 1. The molecular weight excluding hydrogens is 253 g/mol. The van der Waals surface area contributed by atoms with E-state index in [9.17, 15) is 4.39 Å². The van der Waals surface area contributed by atoms with Crippen molar-refractivity contribution in [2.75, 3.05) is 0 Å². The fourth-order valence-electron chi connectivity index (χ4n) is 2.66. The Morgan fingerprint density at radius 1 is 1.05 bits per heavy atom. The van der Waals surface area contributed by atoms with Crippen LogP contribution in [0.5, 0.6) is 5.75 Å². The van der Waals surface area contributed by atoms with Gasteiger partial charge in [-0.3, -0.25) is 0 Å². The fraction of sp³-hybridized carbons (Fsp3) is 0.294. The first-order valence-corrected chi connectivity index (χ1v) is 6.98. The third-order valence-electron chi connectivity index (χ3n) is 3.81. The van der Waals surface area contributed by atoms with Crippen molar-refractivity contribution < 1.29 is 9.13 Å². The van der Waals surface area contributed by atoms with Crippen molar-refractivity contribution in [2.24, 2.45) is 5.73 Å². The second kappa shape index (κ2) is 5.63. The number of hydrogen-bond acceptors (Lipinski definition) is 2. The second-order valence-corrected chi connectivity index (χ2v) is 5.20. The molecule has 0 saturated carbocycles. The van der Waals surface area contributed by atoms with E-state index in [4.69, 9.17) is 10.5 Å². The van der Waals surface area contributed by atoms with Crippen LogP contribution in [0.3, 0.4) is 0 Å². The number of hydrogen-bond donors (Lipinski definition) is 1. The Kier molecular flexibility index (Phi) is 3.70. The van der Waals surface area contributed by atoms with Gasteiger partial charge in [-0.1, -0.05) is 12.1 Å². The molecule has 2 aromatic rings. The summed E-state index contributed by atoms with van der Waals surface area (Å²) in [7, 11) is 0. The number of ether oxygens (including phenoxy) is 1. The van der Waals surface area contributed by atoms with Crippen LogP contribution in [0.4, 0.5) is 4.39 Å². The molecule has 0 unspecified atom stereocenters. The van der Waals surface area contributed by atoms with Crippen molar-refractivity contribution in [1.82, 2.24) is 0 Å². The van der Waals surface area contributed by atoms with E-state index < -0.39 is 0 Å². The van der Waals surface area contributed by atoms with Crippen molar-refractivity contribution in [3.63, 3.8) is 0 Å². The van der Waals surface area contributed by atoms with Gasteiger partial charge >= 0.3 is 0 Å². The molecule has 0 aliphatic heterocycles. The standard InChI is InChI=1S/C17H18FNO/c18-17-7-4-12(10-19)8-15(17)11-20-16-6-5-13-2-1-3-14(13)9-16/h4-9H,1-3,10-11,19H2. The molecule has 0 saturated heterocycles. The van der Waals surface area contributed by atoms with Gasteiger partial charge in [0.1, 0.15) is 18.2 Å². The maximum Gasteiger partial charge on any atom is 0.129 e. The quantitative estimate of drug-likeness (QED) is 0.925. The van der Waals surface area contributed by atoms with Crippen LogP contribution in [-0.2, 0) is 26.0 Å². The maximum absolute atomic E-state index is 13.7. The van der Waals surface area contributed by atoms with Crippen LogP contribution in [0.25, 0.3) is 0 Å². The van der Waals surface area contributed by atoms with Gasteiger partial charge < -0.3 is 10.5 Å². The zero-order chi connectivity index (χ0) is 13.9. The van der Waals surface area contributed by atoms with E-state index in [-0.39, 0.29) is 12.4 Å². The van der Waals surface area contributed by atoms with Crippen LogP contribution in [0.1, 0.15) is 28.7 Å². The monoisotopic (exact) mass is 271 g/mol.